The Kier molecular flexibility index (Phi) is 7.58. The third-order valence-corrected chi connectivity index (χ3v) is 4.65. The normalized spacial score (nSPS) is 18.4. The number of benzene rings is 1. The molecule has 2 unspecified atom stereocenters. The van der Waals surface area contributed by atoms with Crippen LogP contribution < -0.4 is 10.1 Å². The van der Waals surface area contributed by atoms with E-state index in [4.69, 9.17) is 9.47 Å². The summed E-state index contributed by atoms with van der Waals surface area (Å²) in [6.07, 6.45) is 2.51. The van der Waals surface area contributed by atoms with Gasteiger partial charge in [-0.2, -0.15) is 11.8 Å². The minimum absolute atomic E-state index is 0.00987. The molecule has 0 radical (unpaired) electrons. The van der Waals surface area contributed by atoms with E-state index < -0.39 is 12.0 Å². The van der Waals surface area contributed by atoms with Gasteiger partial charge in [-0.25, -0.2) is 4.79 Å². The number of hydrogen-bond acceptors (Lipinski definition) is 6. The lowest BCUT2D eigenvalue weighted by Gasteiger charge is -2.23. The van der Waals surface area contributed by atoms with Gasteiger partial charge in [0.25, 0.3) is 0 Å². The number of hydrogen-bond donors (Lipinski definition) is 1. The number of esters is 1. The number of nitrogens with one attached hydrogen (secondary N) is 1. The van der Waals surface area contributed by atoms with Crippen LogP contribution in [-0.4, -0.2) is 61.1 Å². The number of methoxy groups -OCH3 is 1. The topological polar surface area (TPSA) is 67.9 Å². The maximum Gasteiger partial charge on any atom is 0.328 e. The van der Waals surface area contributed by atoms with Gasteiger partial charge in [0.05, 0.1) is 13.7 Å². The Hall–Kier alpha value is -1.73. The van der Waals surface area contributed by atoms with Gasteiger partial charge in [-0.1, -0.05) is 18.2 Å². The molecule has 0 spiro atoms. The molecule has 2 rings (SSSR count). The molecule has 1 aliphatic heterocycles. The fourth-order valence-corrected chi connectivity index (χ4v) is 3.33. The van der Waals surface area contributed by atoms with Crippen molar-refractivity contribution >= 4 is 23.6 Å². The van der Waals surface area contributed by atoms with Crippen LogP contribution in [0.3, 0.4) is 0 Å². The molecule has 0 bridgehead atoms. The number of amides is 1. The van der Waals surface area contributed by atoms with Crippen LogP contribution in [0, 0.1) is 0 Å². The summed E-state index contributed by atoms with van der Waals surface area (Å²) < 4.78 is 10.7. The Balaban J connectivity index is 1.97. The Morgan fingerprint density at radius 1 is 1.44 bits per heavy atom. The summed E-state index contributed by atoms with van der Waals surface area (Å²) >= 11 is 1.63. The Morgan fingerprint density at radius 2 is 2.20 bits per heavy atom. The lowest BCUT2D eigenvalue weighted by Crippen LogP contribution is -2.47. The van der Waals surface area contributed by atoms with Crippen LogP contribution in [0.5, 0.6) is 5.75 Å². The molecule has 138 valence electrons. The molecule has 0 saturated carbocycles. The molecule has 1 amide bonds. The SMILES string of the molecule is COC(=O)C(CCSC)NC(=O)CN1Cc2ccccc2OC(C)C1. The smallest absolute Gasteiger partial charge is 0.328 e. The van der Waals surface area contributed by atoms with Crippen molar-refractivity contribution < 1.29 is 19.1 Å². The highest BCUT2D eigenvalue weighted by Gasteiger charge is 2.25. The first-order chi connectivity index (χ1) is 12.0. The third kappa shape index (κ3) is 5.93. The lowest BCUT2D eigenvalue weighted by molar-refractivity contribution is -0.145. The van der Waals surface area contributed by atoms with E-state index in [1.165, 1.54) is 7.11 Å². The van der Waals surface area contributed by atoms with Gasteiger partial charge in [0.15, 0.2) is 0 Å². The van der Waals surface area contributed by atoms with Crippen molar-refractivity contribution in [1.82, 2.24) is 10.2 Å². The van der Waals surface area contributed by atoms with Crippen molar-refractivity contribution in [2.75, 3.05) is 32.2 Å². The summed E-state index contributed by atoms with van der Waals surface area (Å²) in [5.41, 5.74) is 1.06. The summed E-state index contributed by atoms with van der Waals surface area (Å²) in [7, 11) is 1.34. The zero-order valence-electron chi connectivity index (χ0n) is 15.0. The molecular formula is C18H26N2O4S. The van der Waals surface area contributed by atoms with Crippen molar-refractivity contribution in [2.24, 2.45) is 0 Å². The van der Waals surface area contributed by atoms with E-state index in [1.807, 2.05) is 42.3 Å². The number of fused-ring (bicyclic) bond motifs is 1. The predicted molar refractivity (Wildman–Crippen MR) is 98.8 cm³/mol. The third-order valence-electron chi connectivity index (χ3n) is 4.01. The van der Waals surface area contributed by atoms with Gasteiger partial charge < -0.3 is 14.8 Å². The second-order valence-electron chi connectivity index (χ2n) is 6.13. The van der Waals surface area contributed by atoms with Crippen molar-refractivity contribution in [1.29, 1.82) is 0 Å². The van der Waals surface area contributed by atoms with Crippen LogP contribution in [-0.2, 0) is 20.9 Å². The number of ether oxygens (including phenoxy) is 2. The van der Waals surface area contributed by atoms with Crippen molar-refractivity contribution in [3.05, 3.63) is 29.8 Å². The molecule has 7 heteroatoms. The number of carbonyl (C=O) groups excluding carboxylic acids is 2. The molecule has 0 aliphatic carbocycles. The molecule has 6 nitrogen and oxygen atoms in total. The molecule has 0 fully saturated rings. The molecule has 1 N–H and O–H groups in total. The van der Waals surface area contributed by atoms with Crippen LogP contribution in [0.15, 0.2) is 24.3 Å². The molecule has 0 aromatic heterocycles. The van der Waals surface area contributed by atoms with Gasteiger partial charge in [0.2, 0.25) is 5.91 Å². The van der Waals surface area contributed by atoms with Crippen LogP contribution in [0.2, 0.25) is 0 Å². The monoisotopic (exact) mass is 366 g/mol. The molecule has 1 heterocycles. The van der Waals surface area contributed by atoms with Crippen molar-refractivity contribution in [3.63, 3.8) is 0 Å². The van der Waals surface area contributed by atoms with E-state index in [0.717, 1.165) is 17.1 Å². The highest BCUT2D eigenvalue weighted by atomic mass is 32.2. The second-order valence-corrected chi connectivity index (χ2v) is 7.12. The molecule has 25 heavy (non-hydrogen) atoms. The first-order valence-corrected chi connectivity index (χ1v) is 9.76. The van der Waals surface area contributed by atoms with Gasteiger partial charge in [-0.15, -0.1) is 0 Å². The highest BCUT2D eigenvalue weighted by Crippen LogP contribution is 2.24. The lowest BCUT2D eigenvalue weighted by atomic mass is 10.2. The van der Waals surface area contributed by atoms with Gasteiger partial charge in [0, 0.05) is 18.7 Å². The second kappa shape index (κ2) is 9.68. The number of carbonyl (C=O) groups is 2. The van der Waals surface area contributed by atoms with E-state index in [-0.39, 0.29) is 18.6 Å². The minimum atomic E-state index is -0.599. The molecule has 1 aromatic rings. The number of thioether (sulfide) groups is 1. The average Bonchev–Trinajstić information content (AvgIpc) is 2.74. The van der Waals surface area contributed by atoms with Crippen molar-refractivity contribution in [2.45, 2.75) is 32.0 Å². The standard InChI is InChI=1S/C18H26N2O4S/c1-13-10-20(11-14-6-4-5-7-16(14)24-13)12-17(21)19-15(8-9-25-3)18(22)23-2/h4-7,13,15H,8-12H2,1-3H3,(H,19,21). The van der Waals surface area contributed by atoms with Crippen molar-refractivity contribution in [3.8, 4) is 5.75 Å². The zero-order chi connectivity index (χ0) is 18.2. The van der Waals surface area contributed by atoms with Gasteiger partial charge in [-0.05, 0) is 31.4 Å². The minimum Gasteiger partial charge on any atom is -0.489 e. The number of para-hydroxylation sites is 1. The van der Waals surface area contributed by atoms with E-state index >= 15 is 0 Å². The Bertz CT molecular complexity index is 596. The fraction of sp³-hybridized carbons (Fsp3) is 0.556. The summed E-state index contributed by atoms with van der Waals surface area (Å²) in [5.74, 6) is 1.07. The molecular weight excluding hydrogens is 340 g/mol. The van der Waals surface area contributed by atoms with E-state index in [9.17, 15) is 9.59 Å². The highest BCUT2D eigenvalue weighted by molar-refractivity contribution is 7.98. The number of rotatable bonds is 7. The van der Waals surface area contributed by atoms with E-state index in [1.54, 1.807) is 11.8 Å². The van der Waals surface area contributed by atoms with Crippen LogP contribution >= 0.6 is 11.8 Å². The molecule has 2 atom stereocenters. The Labute approximate surface area is 153 Å². The maximum atomic E-state index is 12.4. The molecule has 0 saturated heterocycles. The average molecular weight is 366 g/mol. The van der Waals surface area contributed by atoms with E-state index in [0.29, 0.717) is 19.5 Å². The quantitative estimate of drug-likeness (QED) is 0.741. The van der Waals surface area contributed by atoms with Gasteiger partial charge in [0.1, 0.15) is 17.9 Å². The summed E-state index contributed by atoms with van der Waals surface area (Å²) in [6, 6.07) is 7.27. The summed E-state index contributed by atoms with van der Waals surface area (Å²) in [5, 5.41) is 2.80. The molecule has 1 aliphatic rings. The largest absolute Gasteiger partial charge is 0.489 e. The fourth-order valence-electron chi connectivity index (χ4n) is 2.86. The van der Waals surface area contributed by atoms with Crippen LogP contribution in [0.25, 0.3) is 0 Å². The maximum absolute atomic E-state index is 12.4. The van der Waals surface area contributed by atoms with Gasteiger partial charge in [-0.3, -0.25) is 9.69 Å². The summed E-state index contributed by atoms with van der Waals surface area (Å²) in [4.78, 5) is 26.3. The molecule has 1 aromatic carbocycles. The Morgan fingerprint density at radius 3 is 2.92 bits per heavy atom. The van der Waals surface area contributed by atoms with Crippen LogP contribution in [0.1, 0.15) is 18.9 Å². The van der Waals surface area contributed by atoms with E-state index in [2.05, 4.69) is 5.32 Å². The summed E-state index contributed by atoms with van der Waals surface area (Å²) in [6.45, 7) is 3.50. The predicted octanol–water partition coefficient (Wildman–Crippen LogP) is 1.68. The zero-order valence-corrected chi connectivity index (χ0v) is 15.8. The van der Waals surface area contributed by atoms with Gasteiger partial charge >= 0.3 is 5.97 Å². The first kappa shape index (κ1) is 19.6. The first-order valence-electron chi connectivity index (χ1n) is 8.36. The van der Waals surface area contributed by atoms with Crippen LogP contribution in [0.4, 0.5) is 0 Å². The number of nitrogens with zero attached hydrogens (tertiary/aromatic N) is 1.